The topological polar surface area (TPSA) is 85.4 Å². The summed E-state index contributed by atoms with van der Waals surface area (Å²) in [6.07, 6.45) is 0. The monoisotopic (exact) mass is 438 g/mol. The second-order valence-electron chi connectivity index (χ2n) is 6.55. The normalized spacial score (nSPS) is 11.4. The minimum Gasteiger partial charge on any atom is -0.497 e. The predicted molar refractivity (Wildman–Crippen MR) is 119 cm³/mol. The van der Waals surface area contributed by atoms with Gasteiger partial charge in [-0.2, -0.15) is 0 Å². The van der Waals surface area contributed by atoms with E-state index in [1.54, 1.807) is 41.7 Å². The Bertz CT molecular complexity index is 1280. The van der Waals surface area contributed by atoms with Gasteiger partial charge in [-0.15, -0.1) is 11.3 Å². The van der Waals surface area contributed by atoms with Crippen molar-refractivity contribution >= 4 is 43.0 Å². The zero-order valence-electron chi connectivity index (χ0n) is 16.0. The van der Waals surface area contributed by atoms with Crippen molar-refractivity contribution in [1.29, 1.82) is 0 Å². The molecule has 0 fully saturated rings. The van der Waals surface area contributed by atoms with E-state index in [0.717, 1.165) is 20.8 Å². The van der Waals surface area contributed by atoms with Gasteiger partial charge in [-0.25, -0.2) is 13.4 Å². The van der Waals surface area contributed by atoms with Crippen molar-refractivity contribution in [1.82, 2.24) is 4.98 Å². The van der Waals surface area contributed by atoms with Gasteiger partial charge in [0.05, 0.1) is 22.2 Å². The number of rotatable bonds is 6. The van der Waals surface area contributed by atoms with E-state index in [9.17, 15) is 13.2 Å². The maximum Gasteiger partial charge on any atom is 0.239 e. The van der Waals surface area contributed by atoms with Crippen LogP contribution in [0.5, 0.6) is 5.75 Å². The van der Waals surface area contributed by atoms with Gasteiger partial charge in [0.25, 0.3) is 0 Å². The highest BCUT2D eigenvalue weighted by atomic mass is 32.2. The third kappa shape index (κ3) is 4.34. The van der Waals surface area contributed by atoms with Crippen molar-refractivity contribution in [3.63, 3.8) is 0 Å². The van der Waals surface area contributed by atoms with Gasteiger partial charge in [0.1, 0.15) is 16.5 Å². The number of nitrogens with one attached hydrogen (secondary N) is 1. The molecule has 0 aliphatic carbocycles. The number of methoxy groups -OCH3 is 1. The van der Waals surface area contributed by atoms with Crippen LogP contribution in [0.15, 0.2) is 77.7 Å². The second kappa shape index (κ2) is 8.25. The highest BCUT2D eigenvalue weighted by Gasteiger charge is 2.20. The molecule has 0 saturated carbocycles. The van der Waals surface area contributed by atoms with Crippen molar-refractivity contribution in [2.75, 3.05) is 18.2 Å². The molecule has 0 aliphatic heterocycles. The number of hydrogen-bond acceptors (Lipinski definition) is 6. The first-order valence-corrected chi connectivity index (χ1v) is 11.5. The number of thiazole rings is 1. The maximum atomic E-state index is 12.5. The highest BCUT2D eigenvalue weighted by Crippen LogP contribution is 2.31. The van der Waals surface area contributed by atoms with Gasteiger partial charge in [0.2, 0.25) is 5.91 Å². The number of aromatic nitrogens is 1. The molecule has 0 unspecified atom stereocenters. The highest BCUT2D eigenvalue weighted by molar-refractivity contribution is 7.92. The fourth-order valence-corrected chi connectivity index (χ4v) is 5.06. The number of carbonyl (C=O) groups excluding carboxylic acids is 1. The molecule has 152 valence electrons. The maximum absolute atomic E-state index is 12.5. The number of benzene rings is 3. The molecule has 0 saturated heterocycles. The van der Waals surface area contributed by atoms with Crippen molar-refractivity contribution in [2.45, 2.75) is 4.90 Å². The molecule has 0 spiro atoms. The zero-order chi connectivity index (χ0) is 21.1. The largest absolute Gasteiger partial charge is 0.497 e. The molecule has 0 aliphatic rings. The fraction of sp³-hybridized carbons (Fsp3) is 0.0909. The number of para-hydroxylation sites is 1. The van der Waals surface area contributed by atoms with Crippen LogP contribution in [0.25, 0.3) is 20.8 Å². The van der Waals surface area contributed by atoms with E-state index in [0.29, 0.717) is 11.4 Å². The Balaban J connectivity index is 1.50. The fourth-order valence-electron chi connectivity index (χ4n) is 2.96. The van der Waals surface area contributed by atoms with Crippen LogP contribution < -0.4 is 10.1 Å². The first kappa shape index (κ1) is 20.1. The quantitative estimate of drug-likeness (QED) is 0.483. The summed E-state index contributed by atoms with van der Waals surface area (Å²) in [6.45, 7) is 0. The van der Waals surface area contributed by atoms with Crippen LogP contribution in [0.4, 0.5) is 5.69 Å². The lowest BCUT2D eigenvalue weighted by molar-refractivity contribution is -0.113. The Morgan fingerprint density at radius 1 is 1.03 bits per heavy atom. The molecule has 30 heavy (non-hydrogen) atoms. The van der Waals surface area contributed by atoms with Crippen LogP contribution in [0.3, 0.4) is 0 Å². The third-order valence-corrected chi connectivity index (χ3v) is 7.14. The molecule has 6 nitrogen and oxygen atoms in total. The summed E-state index contributed by atoms with van der Waals surface area (Å²) in [5.41, 5.74) is 2.28. The average Bonchev–Trinajstić information content (AvgIpc) is 3.18. The lowest BCUT2D eigenvalue weighted by Crippen LogP contribution is -2.23. The summed E-state index contributed by atoms with van der Waals surface area (Å²) in [6, 6.07) is 21.0. The molecule has 4 aromatic rings. The number of ether oxygens (including phenoxy) is 1. The van der Waals surface area contributed by atoms with E-state index < -0.39 is 21.5 Å². The van der Waals surface area contributed by atoms with E-state index in [1.165, 1.54) is 19.2 Å². The van der Waals surface area contributed by atoms with Crippen LogP contribution in [0, 0.1) is 0 Å². The molecule has 8 heteroatoms. The van der Waals surface area contributed by atoms with Gasteiger partial charge >= 0.3 is 0 Å². The van der Waals surface area contributed by atoms with Crippen molar-refractivity contribution < 1.29 is 17.9 Å². The van der Waals surface area contributed by atoms with Gasteiger partial charge < -0.3 is 10.1 Å². The van der Waals surface area contributed by atoms with Gasteiger partial charge in [-0.05, 0) is 48.5 Å². The first-order chi connectivity index (χ1) is 14.4. The Morgan fingerprint density at radius 2 is 1.80 bits per heavy atom. The Kier molecular flexibility index (Phi) is 5.52. The second-order valence-corrected chi connectivity index (χ2v) is 9.57. The van der Waals surface area contributed by atoms with Crippen LogP contribution in [-0.2, 0) is 14.6 Å². The summed E-state index contributed by atoms with van der Waals surface area (Å²) in [7, 11) is -2.26. The van der Waals surface area contributed by atoms with E-state index in [2.05, 4.69) is 10.3 Å². The average molecular weight is 439 g/mol. The molecule has 0 bridgehead atoms. The summed E-state index contributed by atoms with van der Waals surface area (Å²) >= 11 is 1.56. The number of amides is 1. The molecule has 0 radical (unpaired) electrons. The van der Waals surface area contributed by atoms with Gasteiger partial charge in [-0.1, -0.05) is 24.3 Å². The van der Waals surface area contributed by atoms with Gasteiger partial charge in [-0.3, -0.25) is 4.79 Å². The number of anilines is 1. The number of nitrogens with zero attached hydrogens (tertiary/aromatic N) is 1. The Morgan fingerprint density at radius 3 is 2.53 bits per heavy atom. The molecule has 0 atom stereocenters. The van der Waals surface area contributed by atoms with E-state index >= 15 is 0 Å². The standard InChI is InChI=1S/C22H18N2O4S2/c1-28-17-9-11-18(12-10-17)30(26,27)14-21(25)23-16-6-4-5-15(13-16)22-24-19-7-2-3-8-20(19)29-22/h2-13H,14H2,1H3,(H,23,25). The van der Waals surface area contributed by atoms with Crippen LogP contribution in [0.2, 0.25) is 0 Å². The first-order valence-electron chi connectivity index (χ1n) is 9.07. The number of sulfone groups is 1. The predicted octanol–water partition coefficient (Wildman–Crippen LogP) is 4.38. The minimum atomic E-state index is -3.76. The van der Waals surface area contributed by atoms with Gasteiger partial charge in [0, 0.05) is 11.3 Å². The number of hydrogen-bond donors (Lipinski definition) is 1. The van der Waals surface area contributed by atoms with Crippen molar-refractivity contribution in [3.8, 4) is 16.3 Å². The molecule has 3 aromatic carbocycles. The van der Waals surface area contributed by atoms with E-state index in [1.807, 2.05) is 30.3 Å². The SMILES string of the molecule is COc1ccc(S(=O)(=O)CC(=O)Nc2cccc(-c3nc4ccccc4s3)c2)cc1. The molecule has 4 rings (SSSR count). The Labute approximate surface area is 178 Å². The smallest absolute Gasteiger partial charge is 0.239 e. The van der Waals surface area contributed by atoms with Crippen LogP contribution in [-0.4, -0.2) is 32.2 Å². The molecule has 1 amide bonds. The lowest BCUT2D eigenvalue weighted by Gasteiger charge is -2.08. The van der Waals surface area contributed by atoms with Crippen LogP contribution >= 0.6 is 11.3 Å². The lowest BCUT2D eigenvalue weighted by atomic mass is 10.2. The van der Waals surface area contributed by atoms with Crippen molar-refractivity contribution in [3.05, 3.63) is 72.8 Å². The molecular weight excluding hydrogens is 420 g/mol. The summed E-state index contributed by atoms with van der Waals surface area (Å²) in [5, 5.41) is 3.50. The van der Waals surface area contributed by atoms with Gasteiger partial charge in [0.15, 0.2) is 9.84 Å². The molecule has 1 N–H and O–H groups in total. The summed E-state index contributed by atoms with van der Waals surface area (Å²) < 4.78 is 31.1. The minimum absolute atomic E-state index is 0.0710. The van der Waals surface area contributed by atoms with Crippen LogP contribution in [0.1, 0.15) is 0 Å². The Hall–Kier alpha value is -3.23. The molecular formula is C22H18N2O4S2. The van der Waals surface area contributed by atoms with Crippen molar-refractivity contribution in [2.24, 2.45) is 0 Å². The molecule has 1 aromatic heterocycles. The molecule has 1 heterocycles. The third-order valence-electron chi connectivity index (χ3n) is 4.43. The summed E-state index contributed by atoms with van der Waals surface area (Å²) in [4.78, 5) is 17.1. The van der Waals surface area contributed by atoms with E-state index in [4.69, 9.17) is 4.74 Å². The van der Waals surface area contributed by atoms with E-state index in [-0.39, 0.29) is 4.90 Å². The number of fused-ring (bicyclic) bond motifs is 1. The zero-order valence-corrected chi connectivity index (χ0v) is 17.7. The summed E-state index contributed by atoms with van der Waals surface area (Å²) in [5.74, 6) is -0.706. The number of carbonyl (C=O) groups is 1.